The molecule has 1 aromatic carbocycles. The van der Waals surface area contributed by atoms with E-state index in [9.17, 15) is 14.4 Å². The van der Waals surface area contributed by atoms with Crippen molar-refractivity contribution in [3.63, 3.8) is 0 Å². The van der Waals surface area contributed by atoms with Gasteiger partial charge in [-0.05, 0) is 26.0 Å². The molecule has 1 aliphatic heterocycles. The molecule has 1 aromatic heterocycles. The Morgan fingerprint density at radius 3 is 2.19 bits per heavy atom. The number of nitrogens with zero attached hydrogens (tertiary/aromatic N) is 3. The van der Waals surface area contributed by atoms with Gasteiger partial charge in [0.25, 0.3) is 5.91 Å². The van der Waals surface area contributed by atoms with Crippen molar-refractivity contribution < 1.29 is 9.59 Å². The highest BCUT2D eigenvalue weighted by molar-refractivity contribution is 7.07. The number of rotatable bonds is 4. The van der Waals surface area contributed by atoms with Crippen molar-refractivity contribution >= 4 is 23.2 Å². The van der Waals surface area contributed by atoms with Crippen LogP contribution in [-0.2, 0) is 11.3 Å². The van der Waals surface area contributed by atoms with Gasteiger partial charge in [0.2, 0.25) is 5.91 Å². The normalized spacial score (nSPS) is 14.5. The van der Waals surface area contributed by atoms with Gasteiger partial charge in [0.1, 0.15) is 0 Å². The molecule has 0 bridgehead atoms. The smallest absolute Gasteiger partial charge is 0.307 e. The van der Waals surface area contributed by atoms with Crippen LogP contribution < -0.4 is 4.87 Å². The van der Waals surface area contributed by atoms with Crippen LogP contribution in [0.15, 0.2) is 34.4 Å². The second-order valence-corrected chi connectivity index (χ2v) is 7.40. The Bertz CT molecular complexity index is 846. The molecule has 0 N–H and O–H groups in total. The molecular formula is C19H23N3O3S. The molecule has 0 radical (unpaired) electrons. The van der Waals surface area contributed by atoms with Gasteiger partial charge in [-0.25, -0.2) is 0 Å². The van der Waals surface area contributed by atoms with E-state index in [2.05, 4.69) is 0 Å². The summed E-state index contributed by atoms with van der Waals surface area (Å²) in [6.45, 7) is 6.42. The molecule has 1 fully saturated rings. The molecular weight excluding hydrogens is 350 g/mol. The Kier molecular flexibility index (Phi) is 5.56. The predicted octanol–water partition coefficient (Wildman–Crippen LogP) is 1.90. The molecule has 6 nitrogen and oxygen atoms in total. The second kappa shape index (κ2) is 7.86. The number of aryl methyl sites for hydroxylation is 2. The van der Waals surface area contributed by atoms with Crippen LogP contribution in [0.1, 0.15) is 28.0 Å². The molecule has 0 atom stereocenters. The molecule has 2 amide bonds. The zero-order chi connectivity index (χ0) is 18.7. The van der Waals surface area contributed by atoms with Gasteiger partial charge in [-0.15, -0.1) is 0 Å². The van der Waals surface area contributed by atoms with Gasteiger partial charge in [0.05, 0.1) is 0 Å². The lowest BCUT2D eigenvalue weighted by Gasteiger charge is -2.35. The van der Waals surface area contributed by atoms with E-state index < -0.39 is 0 Å². The SMILES string of the molecule is Cc1ccc(C(=O)N2CCN(C(=O)CCn3c(C)csc3=O)CC2)cc1. The van der Waals surface area contributed by atoms with Crippen molar-refractivity contribution in [2.24, 2.45) is 0 Å². The summed E-state index contributed by atoms with van der Waals surface area (Å²) in [4.78, 5) is 40.2. The fourth-order valence-electron chi connectivity index (χ4n) is 3.08. The van der Waals surface area contributed by atoms with Crippen LogP contribution in [0.3, 0.4) is 0 Å². The van der Waals surface area contributed by atoms with Gasteiger partial charge in [-0.3, -0.25) is 14.4 Å². The Morgan fingerprint density at radius 1 is 1.00 bits per heavy atom. The number of aromatic nitrogens is 1. The van der Waals surface area contributed by atoms with Crippen LogP contribution in [0.25, 0.3) is 0 Å². The van der Waals surface area contributed by atoms with Gasteiger partial charge < -0.3 is 14.4 Å². The van der Waals surface area contributed by atoms with Crippen molar-refractivity contribution in [2.45, 2.75) is 26.8 Å². The van der Waals surface area contributed by atoms with E-state index in [4.69, 9.17) is 0 Å². The first kappa shape index (κ1) is 18.4. The number of piperazine rings is 1. The van der Waals surface area contributed by atoms with Gasteiger partial charge in [-0.1, -0.05) is 29.0 Å². The average Bonchev–Trinajstić information content (AvgIpc) is 2.98. The molecule has 1 saturated heterocycles. The van der Waals surface area contributed by atoms with Crippen LogP contribution in [0.4, 0.5) is 0 Å². The molecule has 0 unspecified atom stereocenters. The van der Waals surface area contributed by atoms with Crippen LogP contribution in [0.2, 0.25) is 0 Å². The minimum atomic E-state index is -0.0242. The first-order chi connectivity index (χ1) is 12.5. The summed E-state index contributed by atoms with van der Waals surface area (Å²) in [7, 11) is 0. The van der Waals surface area contributed by atoms with E-state index in [1.165, 1.54) is 0 Å². The Balaban J connectivity index is 1.51. The van der Waals surface area contributed by atoms with Crippen molar-refractivity contribution in [1.29, 1.82) is 0 Å². The maximum Gasteiger partial charge on any atom is 0.307 e. The number of hydrogen-bond donors (Lipinski definition) is 0. The molecule has 26 heavy (non-hydrogen) atoms. The summed E-state index contributed by atoms with van der Waals surface area (Å²) in [5.74, 6) is 0.0440. The first-order valence-electron chi connectivity index (χ1n) is 8.74. The topological polar surface area (TPSA) is 62.6 Å². The van der Waals surface area contributed by atoms with Crippen LogP contribution in [0.5, 0.6) is 0 Å². The Morgan fingerprint density at radius 2 is 1.62 bits per heavy atom. The highest BCUT2D eigenvalue weighted by Gasteiger charge is 2.24. The lowest BCUT2D eigenvalue weighted by molar-refractivity contribution is -0.132. The number of thiazole rings is 1. The molecule has 1 aliphatic rings. The standard InChI is InChI=1S/C19H23N3O3S/c1-14-3-5-16(6-4-14)18(24)21-11-9-20(10-12-21)17(23)7-8-22-15(2)13-26-19(22)25/h3-6,13H,7-12H2,1-2H3. The van der Waals surface area contributed by atoms with Crippen molar-refractivity contribution in [1.82, 2.24) is 14.4 Å². The summed E-state index contributed by atoms with van der Waals surface area (Å²) in [6, 6.07) is 7.55. The predicted molar refractivity (Wildman–Crippen MR) is 102 cm³/mol. The molecule has 2 aromatic rings. The number of carbonyl (C=O) groups is 2. The Hall–Kier alpha value is -2.41. The van der Waals surface area contributed by atoms with Crippen molar-refractivity contribution in [2.75, 3.05) is 26.2 Å². The largest absolute Gasteiger partial charge is 0.339 e. The quantitative estimate of drug-likeness (QED) is 0.822. The van der Waals surface area contributed by atoms with E-state index in [0.29, 0.717) is 44.7 Å². The summed E-state index contributed by atoms with van der Waals surface area (Å²) < 4.78 is 1.64. The molecule has 0 aliphatic carbocycles. The monoisotopic (exact) mass is 373 g/mol. The maximum absolute atomic E-state index is 12.5. The van der Waals surface area contributed by atoms with Gasteiger partial charge in [-0.2, -0.15) is 0 Å². The van der Waals surface area contributed by atoms with E-state index in [-0.39, 0.29) is 16.7 Å². The molecule has 7 heteroatoms. The summed E-state index contributed by atoms with van der Waals surface area (Å²) in [5.41, 5.74) is 2.70. The van der Waals surface area contributed by atoms with Gasteiger partial charge in [0, 0.05) is 55.8 Å². The third-order valence-corrected chi connectivity index (χ3v) is 5.62. The average molecular weight is 373 g/mol. The van der Waals surface area contributed by atoms with E-state index in [0.717, 1.165) is 22.6 Å². The van der Waals surface area contributed by atoms with Crippen LogP contribution >= 0.6 is 11.3 Å². The molecule has 0 saturated carbocycles. The van der Waals surface area contributed by atoms with Crippen molar-refractivity contribution in [3.05, 3.63) is 56.1 Å². The number of amides is 2. The molecule has 2 heterocycles. The van der Waals surface area contributed by atoms with E-state index in [1.807, 2.05) is 43.5 Å². The second-order valence-electron chi connectivity index (χ2n) is 6.58. The summed E-state index contributed by atoms with van der Waals surface area (Å²) >= 11 is 1.16. The Labute approximate surface area is 156 Å². The lowest BCUT2D eigenvalue weighted by atomic mass is 10.1. The number of benzene rings is 1. The zero-order valence-electron chi connectivity index (χ0n) is 15.1. The molecule has 3 rings (SSSR count). The maximum atomic E-state index is 12.5. The summed E-state index contributed by atoms with van der Waals surface area (Å²) in [5, 5.41) is 1.81. The number of hydrogen-bond acceptors (Lipinski definition) is 4. The third-order valence-electron chi connectivity index (χ3n) is 4.74. The van der Waals surface area contributed by atoms with E-state index >= 15 is 0 Å². The third kappa shape index (κ3) is 4.04. The zero-order valence-corrected chi connectivity index (χ0v) is 15.9. The summed E-state index contributed by atoms with van der Waals surface area (Å²) in [6.07, 6.45) is 0.309. The van der Waals surface area contributed by atoms with Gasteiger partial charge in [0.15, 0.2) is 0 Å². The lowest BCUT2D eigenvalue weighted by Crippen LogP contribution is -2.50. The fraction of sp³-hybridized carbons (Fsp3) is 0.421. The van der Waals surface area contributed by atoms with E-state index in [1.54, 1.807) is 14.4 Å². The fourth-order valence-corrected chi connectivity index (χ4v) is 3.84. The minimum absolute atomic E-state index is 0.0116. The van der Waals surface area contributed by atoms with Crippen molar-refractivity contribution in [3.8, 4) is 0 Å². The molecule has 138 valence electrons. The van der Waals surface area contributed by atoms with Gasteiger partial charge >= 0.3 is 4.87 Å². The first-order valence-corrected chi connectivity index (χ1v) is 9.62. The van der Waals surface area contributed by atoms with Crippen LogP contribution in [0, 0.1) is 13.8 Å². The minimum Gasteiger partial charge on any atom is -0.339 e. The highest BCUT2D eigenvalue weighted by Crippen LogP contribution is 2.11. The highest BCUT2D eigenvalue weighted by atomic mass is 32.1. The number of carbonyl (C=O) groups excluding carboxylic acids is 2. The van der Waals surface area contributed by atoms with Crippen LogP contribution in [-0.4, -0.2) is 52.4 Å². The molecule has 0 spiro atoms.